The Hall–Kier alpha value is -3.05. The lowest BCUT2D eigenvalue weighted by atomic mass is 10.2. The highest BCUT2D eigenvalue weighted by molar-refractivity contribution is 7.99. The van der Waals surface area contributed by atoms with Gasteiger partial charge in [0.05, 0.1) is 17.7 Å². The van der Waals surface area contributed by atoms with E-state index in [9.17, 15) is 13.6 Å². The molecule has 0 atom stereocenters. The zero-order chi connectivity index (χ0) is 22.7. The van der Waals surface area contributed by atoms with E-state index < -0.39 is 11.6 Å². The van der Waals surface area contributed by atoms with Crippen LogP contribution >= 0.6 is 23.1 Å². The Balaban J connectivity index is 1.41. The molecular formula is C21H19F2N5O2S2. The third kappa shape index (κ3) is 5.05. The summed E-state index contributed by atoms with van der Waals surface area (Å²) in [5, 5.41) is 13.8. The monoisotopic (exact) mass is 475 g/mol. The number of aromatic nitrogens is 4. The molecule has 0 fully saturated rings. The van der Waals surface area contributed by atoms with Crippen LogP contribution < -0.4 is 5.32 Å². The lowest BCUT2D eigenvalue weighted by Crippen LogP contribution is -2.15. The second kappa shape index (κ2) is 9.61. The van der Waals surface area contributed by atoms with Gasteiger partial charge >= 0.3 is 0 Å². The fourth-order valence-corrected chi connectivity index (χ4v) is 4.40. The highest BCUT2D eigenvalue weighted by Crippen LogP contribution is 2.28. The van der Waals surface area contributed by atoms with Gasteiger partial charge in [-0.05, 0) is 36.2 Å². The highest BCUT2D eigenvalue weighted by Gasteiger charge is 2.18. The molecule has 1 aromatic carbocycles. The van der Waals surface area contributed by atoms with Crippen molar-refractivity contribution in [3.05, 3.63) is 53.6 Å². The first-order chi connectivity index (χ1) is 15.4. The molecule has 0 bridgehead atoms. The van der Waals surface area contributed by atoms with E-state index in [-0.39, 0.29) is 11.7 Å². The second-order valence-corrected chi connectivity index (χ2v) is 9.09. The lowest BCUT2D eigenvalue weighted by molar-refractivity contribution is -0.113. The van der Waals surface area contributed by atoms with Crippen molar-refractivity contribution in [2.24, 2.45) is 5.92 Å². The Morgan fingerprint density at radius 2 is 2.09 bits per heavy atom. The molecule has 4 rings (SSSR count). The number of halogens is 2. The van der Waals surface area contributed by atoms with E-state index in [2.05, 4.69) is 34.3 Å². The number of rotatable bonds is 8. The Kier molecular flexibility index (Phi) is 6.66. The molecule has 7 nitrogen and oxygen atoms in total. The molecule has 1 amide bonds. The van der Waals surface area contributed by atoms with Crippen molar-refractivity contribution in [2.45, 2.75) is 25.5 Å². The fraction of sp³-hybridized carbons (Fsp3) is 0.238. The summed E-state index contributed by atoms with van der Waals surface area (Å²) in [6.45, 7) is 4.84. The number of amides is 1. The molecule has 3 heterocycles. The number of thiazole rings is 1. The van der Waals surface area contributed by atoms with Gasteiger partial charge in [0, 0.05) is 17.5 Å². The zero-order valence-electron chi connectivity index (χ0n) is 17.2. The van der Waals surface area contributed by atoms with E-state index >= 15 is 0 Å². The van der Waals surface area contributed by atoms with Crippen molar-refractivity contribution in [1.82, 2.24) is 19.7 Å². The van der Waals surface area contributed by atoms with Gasteiger partial charge in [-0.2, -0.15) is 0 Å². The number of nitrogens with one attached hydrogen (secondary N) is 1. The van der Waals surface area contributed by atoms with Crippen LogP contribution in [0.25, 0.3) is 22.8 Å². The van der Waals surface area contributed by atoms with Gasteiger partial charge in [0.1, 0.15) is 0 Å². The van der Waals surface area contributed by atoms with Crippen molar-refractivity contribution >= 4 is 34.1 Å². The van der Waals surface area contributed by atoms with E-state index in [0.717, 1.165) is 12.1 Å². The normalized spacial score (nSPS) is 11.3. The predicted octanol–water partition coefficient (Wildman–Crippen LogP) is 5.33. The number of carbonyl (C=O) groups excluding carboxylic acids is 1. The van der Waals surface area contributed by atoms with E-state index in [4.69, 9.17) is 4.42 Å². The van der Waals surface area contributed by atoms with Crippen molar-refractivity contribution < 1.29 is 18.0 Å². The van der Waals surface area contributed by atoms with Gasteiger partial charge in [-0.25, -0.2) is 13.8 Å². The van der Waals surface area contributed by atoms with Gasteiger partial charge in [0.25, 0.3) is 0 Å². The SMILES string of the molecule is CC(C)Cn1c(SCC(=O)Nc2nc(-c3ccc(F)c(F)c3)cs2)nnc1-c1ccco1. The number of thioether (sulfide) groups is 1. The maximum Gasteiger partial charge on any atom is 0.236 e. The van der Waals surface area contributed by atoms with Gasteiger partial charge in [0.2, 0.25) is 5.91 Å². The summed E-state index contributed by atoms with van der Waals surface area (Å²) in [7, 11) is 0. The topological polar surface area (TPSA) is 85.8 Å². The number of hydrogen-bond acceptors (Lipinski definition) is 7. The molecule has 0 spiro atoms. The summed E-state index contributed by atoms with van der Waals surface area (Å²) < 4.78 is 34.0. The summed E-state index contributed by atoms with van der Waals surface area (Å²) in [6, 6.07) is 7.15. The summed E-state index contributed by atoms with van der Waals surface area (Å²) in [5.41, 5.74) is 0.888. The first-order valence-corrected chi connectivity index (χ1v) is 11.6. The first kappa shape index (κ1) is 22.2. The smallest absolute Gasteiger partial charge is 0.236 e. The van der Waals surface area contributed by atoms with Crippen molar-refractivity contribution in [3.63, 3.8) is 0 Å². The molecule has 0 saturated carbocycles. The van der Waals surface area contributed by atoms with Crippen LogP contribution in [0.4, 0.5) is 13.9 Å². The third-order valence-electron chi connectivity index (χ3n) is 4.30. The van der Waals surface area contributed by atoms with Crippen LogP contribution in [0.3, 0.4) is 0 Å². The standard InChI is InChI=1S/C21H19F2N5O2S2/c1-12(2)9-28-19(17-4-3-7-30-17)26-27-21(28)32-11-18(29)25-20-24-16(10-31-20)13-5-6-14(22)15(23)8-13/h3-8,10,12H,9,11H2,1-2H3,(H,24,25,29). The average molecular weight is 476 g/mol. The van der Waals surface area contributed by atoms with E-state index in [1.54, 1.807) is 17.7 Å². The molecule has 1 N–H and O–H groups in total. The molecule has 4 aromatic rings. The molecule has 0 aliphatic heterocycles. The maximum atomic E-state index is 13.5. The van der Waals surface area contributed by atoms with E-state index in [1.165, 1.54) is 29.2 Å². The molecule has 0 saturated heterocycles. The third-order valence-corrected chi connectivity index (χ3v) is 6.03. The van der Waals surface area contributed by atoms with Gasteiger partial charge in [-0.3, -0.25) is 9.36 Å². The van der Waals surface area contributed by atoms with Crippen molar-refractivity contribution in [3.8, 4) is 22.8 Å². The molecule has 0 aliphatic carbocycles. The van der Waals surface area contributed by atoms with E-state index in [0.29, 0.717) is 45.6 Å². The molecule has 3 aromatic heterocycles. The summed E-state index contributed by atoms with van der Waals surface area (Å²) in [6.07, 6.45) is 1.58. The number of hydrogen-bond donors (Lipinski definition) is 1. The zero-order valence-corrected chi connectivity index (χ0v) is 18.8. The molecule has 166 valence electrons. The van der Waals surface area contributed by atoms with Gasteiger partial charge in [0.15, 0.2) is 33.5 Å². The predicted molar refractivity (Wildman–Crippen MR) is 119 cm³/mol. The lowest BCUT2D eigenvalue weighted by Gasteiger charge is -2.11. The second-order valence-electron chi connectivity index (χ2n) is 7.29. The summed E-state index contributed by atoms with van der Waals surface area (Å²) >= 11 is 2.47. The quantitative estimate of drug-likeness (QED) is 0.347. The number of anilines is 1. The van der Waals surface area contributed by atoms with Gasteiger partial charge < -0.3 is 9.73 Å². The molecule has 0 aliphatic rings. The van der Waals surface area contributed by atoms with Crippen LogP contribution in [0.5, 0.6) is 0 Å². The van der Waals surface area contributed by atoms with Crippen LogP contribution in [0.15, 0.2) is 51.5 Å². The number of carbonyl (C=O) groups is 1. The Morgan fingerprint density at radius 3 is 2.81 bits per heavy atom. The minimum Gasteiger partial charge on any atom is -0.461 e. The molecule has 32 heavy (non-hydrogen) atoms. The molecular weight excluding hydrogens is 456 g/mol. The van der Waals surface area contributed by atoms with Crippen LogP contribution in [0.2, 0.25) is 0 Å². The van der Waals surface area contributed by atoms with Gasteiger partial charge in [-0.1, -0.05) is 25.6 Å². The van der Waals surface area contributed by atoms with Crippen LogP contribution in [-0.2, 0) is 11.3 Å². The summed E-state index contributed by atoms with van der Waals surface area (Å²) in [5.74, 6) is -0.455. The largest absolute Gasteiger partial charge is 0.461 e. The highest BCUT2D eigenvalue weighted by atomic mass is 32.2. The van der Waals surface area contributed by atoms with Crippen LogP contribution in [-0.4, -0.2) is 31.4 Å². The van der Waals surface area contributed by atoms with Crippen molar-refractivity contribution in [2.75, 3.05) is 11.1 Å². The van der Waals surface area contributed by atoms with Crippen LogP contribution in [0.1, 0.15) is 13.8 Å². The first-order valence-electron chi connectivity index (χ1n) is 9.71. The van der Waals surface area contributed by atoms with Crippen LogP contribution in [0, 0.1) is 17.6 Å². The Morgan fingerprint density at radius 1 is 1.25 bits per heavy atom. The minimum absolute atomic E-state index is 0.106. The Labute approximate surface area is 190 Å². The number of furan rings is 1. The van der Waals surface area contributed by atoms with Gasteiger partial charge in [-0.15, -0.1) is 21.5 Å². The number of benzene rings is 1. The molecule has 0 radical (unpaired) electrons. The van der Waals surface area contributed by atoms with Crippen molar-refractivity contribution in [1.29, 1.82) is 0 Å². The molecule has 11 heteroatoms. The minimum atomic E-state index is -0.947. The summed E-state index contributed by atoms with van der Waals surface area (Å²) in [4.78, 5) is 16.7. The average Bonchev–Trinajstić information content (AvgIpc) is 3.49. The molecule has 0 unspecified atom stereocenters. The number of nitrogens with zero attached hydrogens (tertiary/aromatic N) is 4. The maximum absolute atomic E-state index is 13.5. The van der Waals surface area contributed by atoms with E-state index in [1.807, 2.05) is 10.6 Å². The fourth-order valence-electron chi connectivity index (χ4n) is 2.92. The Bertz CT molecular complexity index is 1220.